The summed E-state index contributed by atoms with van der Waals surface area (Å²) in [5.74, 6) is 0.962. The molecule has 24 heavy (non-hydrogen) atoms. The summed E-state index contributed by atoms with van der Waals surface area (Å²) < 4.78 is 2.14. The van der Waals surface area contributed by atoms with Crippen LogP contribution in [-0.2, 0) is 13.0 Å². The second kappa shape index (κ2) is 7.01. The Morgan fingerprint density at radius 3 is 2.79 bits per heavy atom. The first-order chi connectivity index (χ1) is 11.5. The van der Waals surface area contributed by atoms with Crippen LogP contribution in [0.25, 0.3) is 21.9 Å². The van der Waals surface area contributed by atoms with Gasteiger partial charge in [-0.3, -0.25) is 0 Å². The lowest BCUT2D eigenvalue weighted by Gasteiger charge is -2.11. The van der Waals surface area contributed by atoms with Gasteiger partial charge in [0, 0.05) is 18.1 Å². The third-order valence-corrected chi connectivity index (χ3v) is 4.74. The van der Waals surface area contributed by atoms with E-state index in [1.54, 1.807) is 0 Å². The highest BCUT2D eigenvalue weighted by atomic mass is 31.2. The number of rotatable bonds is 6. The molecule has 128 valence electrons. The van der Waals surface area contributed by atoms with Crippen LogP contribution in [0.1, 0.15) is 25.8 Å². The number of aromatic nitrogens is 3. The second-order valence-corrected chi connectivity index (χ2v) is 7.73. The fourth-order valence-corrected chi connectivity index (χ4v) is 3.46. The summed E-state index contributed by atoms with van der Waals surface area (Å²) >= 11 is 0. The van der Waals surface area contributed by atoms with E-state index in [1.165, 1.54) is 0 Å². The molecule has 1 aromatic carbocycles. The number of nitrogen functional groups attached to an aromatic ring is 1. The third-order valence-electron chi connectivity index (χ3n) is 4.02. The molecule has 6 nitrogen and oxygen atoms in total. The van der Waals surface area contributed by atoms with E-state index in [0.717, 1.165) is 46.9 Å². The van der Waals surface area contributed by atoms with E-state index in [9.17, 15) is 0 Å². The molecule has 4 N–H and O–H groups in total. The highest BCUT2D eigenvalue weighted by Gasteiger charge is 2.13. The molecule has 0 saturated carbocycles. The number of anilines is 1. The standard InChI is InChI=1S/C17H23N4O2P/c1-11(2)9-21-10-19-15-16(21)13-6-5-12(4-3-7-24(22)23)8-14(13)20-17(15)18/h5-6,8,10-11,22-23H,3-4,7,9H2,1-2H3,(H2,18,20). The van der Waals surface area contributed by atoms with E-state index in [-0.39, 0.29) is 0 Å². The lowest BCUT2D eigenvalue weighted by Crippen LogP contribution is -2.04. The largest absolute Gasteiger partial charge is 0.382 e. The third kappa shape index (κ3) is 3.51. The number of hydrogen-bond acceptors (Lipinski definition) is 5. The number of aryl methyl sites for hydroxylation is 1. The first-order valence-corrected chi connectivity index (χ1v) is 9.57. The Hall–Kier alpha value is -1.75. The summed E-state index contributed by atoms with van der Waals surface area (Å²) in [6.45, 7) is 5.23. The predicted molar refractivity (Wildman–Crippen MR) is 98.8 cm³/mol. The average Bonchev–Trinajstić information content (AvgIpc) is 2.91. The van der Waals surface area contributed by atoms with Crippen LogP contribution >= 0.6 is 8.38 Å². The highest BCUT2D eigenvalue weighted by molar-refractivity contribution is 7.45. The molecule has 2 aromatic heterocycles. The minimum atomic E-state index is -1.81. The molecule has 0 saturated heterocycles. The first-order valence-electron chi connectivity index (χ1n) is 8.14. The van der Waals surface area contributed by atoms with E-state index in [0.29, 0.717) is 17.9 Å². The normalized spacial score (nSPS) is 12.1. The van der Waals surface area contributed by atoms with Crippen molar-refractivity contribution in [3.8, 4) is 0 Å². The predicted octanol–water partition coefficient (Wildman–Crippen LogP) is 3.05. The van der Waals surface area contributed by atoms with Crippen molar-refractivity contribution in [3.05, 3.63) is 30.1 Å². The smallest absolute Gasteiger partial charge is 0.164 e. The van der Waals surface area contributed by atoms with Crippen molar-refractivity contribution in [2.75, 3.05) is 11.9 Å². The van der Waals surface area contributed by atoms with Gasteiger partial charge in [0.1, 0.15) is 5.52 Å². The van der Waals surface area contributed by atoms with Crippen LogP contribution in [0.15, 0.2) is 24.5 Å². The number of hydrogen-bond donors (Lipinski definition) is 3. The molecule has 0 unspecified atom stereocenters. The summed E-state index contributed by atoms with van der Waals surface area (Å²) in [6, 6.07) is 6.18. The molecule has 0 bridgehead atoms. The Balaban J connectivity index is 2.02. The molecular weight excluding hydrogens is 323 g/mol. The molecule has 0 aliphatic rings. The van der Waals surface area contributed by atoms with Crippen LogP contribution in [-0.4, -0.2) is 30.5 Å². The molecule has 0 spiro atoms. The van der Waals surface area contributed by atoms with Gasteiger partial charge in [-0.2, -0.15) is 0 Å². The fourth-order valence-electron chi connectivity index (χ4n) is 3.02. The molecule has 0 aliphatic carbocycles. The molecule has 3 rings (SSSR count). The summed E-state index contributed by atoms with van der Waals surface area (Å²) in [6.07, 6.45) is 3.80. The van der Waals surface area contributed by atoms with Crippen LogP contribution in [0.2, 0.25) is 0 Å². The molecule has 0 atom stereocenters. The Bertz CT molecular complexity index is 861. The fraction of sp³-hybridized carbons (Fsp3) is 0.412. The Morgan fingerprint density at radius 2 is 2.08 bits per heavy atom. The van der Waals surface area contributed by atoms with Crippen LogP contribution in [0.4, 0.5) is 5.82 Å². The SMILES string of the molecule is CC(C)Cn1cnc2c(N)nc3cc(CCCP(O)O)ccc3c21. The maximum absolute atomic E-state index is 9.02. The first kappa shape index (κ1) is 17.1. The van der Waals surface area contributed by atoms with Crippen molar-refractivity contribution in [1.29, 1.82) is 0 Å². The molecular formula is C17H23N4O2P. The summed E-state index contributed by atoms with van der Waals surface area (Å²) in [7, 11) is -1.81. The Kier molecular flexibility index (Phi) is 4.99. The van der Waals surface area contributed by atoms with Crippen molar-refractivity contribution in [2.24, 2.45) is 5.92 Å². The van der Waals surface area contributed by atoms with Gasteiger partial charge in [0.05, 0.1) is 17.4 Å². The number of pyridine rings is 1. The van der Waals surface area contributed by atoms with E-state index < -0.39 is 8.38 Å². The van der Waals surface area contributed by atoms with Gasteiger partial charge in [0.25, 0.3) is 0 Å². The van der Waals surface area contributed by atoms with Crippen molar-refractivity contribution in [3.63, 3.8) is 0 Å². The zero-order chi connectivity index (χ0) is 17.3. The van der Waals surface area contributed by atoms with E-state index >= 15 is 0 Å². The minimum absolute atomic E-state index is 0.434. The van der Waals surface area contributed by atoms with Crippen LogP contribution < -0.4 is 5.73 Å². The Labute approximate surface area is 142 Å². The van der Waals surface area contributed by atoms with E-state index in [4.69, 9.17) is 15.5 Å². The van der Waals surface area contributed by atoms with E-state index in [1.807, 2.05) is 12.4 Å². The number of nitrogens with zero attached hydrogens (tertiary/aromatic N) is 3. The van der Waals surface area contributed by atoms with Crippen LogP contribution in [0, 0.1) is 5.92 Å². The molecule has 3 aromatic rings. The monoisotopic (exact) mass is 346 g/mol. The number of imidazole rings is 1. The lowest BCUT2D eigenvalue weighted by molar-refractivity contribution is 0.480. The molecule has 7 heteroatoms. The van der Waals surface area contributed by atoms with Crippen molar-refractivity contribution in [1.82, 2.24) is 14.5 Å². The molecule has 0 amide bonds. The quantitative estimate of drug-likeness (QED) is 0.596. The van der Waals surface area contributed by atoms with E-state index in [2.05, 4.69) is 40.5 Å². The van der Waals surface area contributed by atoms with Gasteiger partial charge in [-0.25, -0.2) is 9.97 Å². The number of nitrogens with two attached hydrogens (primary N) is 1. The minimum Gasteiger partial charge on any atom is -0.382 e. The highest BCUT2D eigenvalue weighted by Crippen LogP contribution is 2.29. The lowest BCUT2D eigenvalue weighted by atomic mass is 10.1. The molecule has 0 fully saturated rings. The van der Waals surface area contributed by atoms with Crippen molar-refractivity contribution in [2.45, 2.75) is 33.2 Å². The van der Waals surface area contributed by atoms with Crippen LogP contribution in [0.5, 0.6) is 0 Å². The van der Waals surface area contributed by atoms with Crippen molar-refractivity contribution >= 4 is 36.1 Å². The number of fused-ring (bicyclic) bond motifs is 3. The zero-order valence-corrected chi connectivity index (χ0v) is 14.9. The maximum Gasteiger partial charge on any atom is 0.164 e. The summed E-state index contributed by atoms with van der Waals surface area (Å²) in [5, 5.41) is 1.05. The summed E-state index contributed by atoms with van der Waals surface area (Å²) in [4.78, 5) is 27.0. The topological polar surface area (TPSA) is 97.2 Å². The molecule has 0 radical (unpaired) electrons. The zero-order valence-electron chi connectivity index (χ0n) is 14.0. The molecule has 2 heterocycles. The average molecular weight is 346 g/mol. The summed E-state index contributed by atoms with van der Waals surface area (Å²) in [5.41, 5.74) is 9.88. The number of benzene rings is 1. The van der Waals surface area contributed by atoms with Gasteiger partial charge in [-0.15, -0.1) is 0 Å². The maximum atomic E-state index is 9.02. The van der Waals surface area contributed by atoms with Crippen molar-refractivity contribution < 1.29 is 9.79 Å². The second-order valence-electron chi connectivity index (χ2n) is 6.54. The van der Waals surface area contributed by atoms with Gasteiger partial charge in [0.15, 0.2) is 14.2 Å². The van der Waals surface area contributed by atoms with Gasteiger partial charge >= 0.3 is 0 Å². The van der Waals surface area contributed by atoms with Gasteiger partial charge < -0.3 is 20.1 Å². The Morgan fingerprint density at radius 1 is 1.29 bits per heavy atom. The van der Waals surface area contributed by atoms with Gasteiger partial charge in [-0.05, 0) is 30.4 Å². The van der Waals surface area contributed by atoms with Gasteiger partial charge in [-0.1, -0.05) is 26.0 Å². The van der Waals surface area contributed by atoms with Crippen LogP contribution in [0.3, 0.4) is 0 Å². The van der Waals surface area contributed by atoms with Gasteiger partial charge in [0.2, 0.25) is 0 Å². The molecule has 0 aliphatic heterocycles.